The molecule has 1 atom stereocenters. The first kappa shape index (κ1) is 26.8. The molecule has 3 aromatic carbocycles. The van der Waals surface area contributed by atoms with Crippen molar-refractivity contribution in [2.24, 2.45) is 5.92 Å². The molecule has 4 rings (SSSR count). The molecule has 1 unspecified atom stereocenters. The number of anilines is 1. The van der Waals surface area contributed by atoms with Gasteiger partial charge in [-0.15, -0.1) is 0 Å². The molecule has 0 spiro atoms. The highest BCUT2D eigenvalue weighted by Crippen LogP contribution is 2.43. The number of phenolic OH excluding ortho intramolecular Hbond substituents is 1. The Morgan fingerprint density at radius 3 is 2.18 bits per heavy atom. The maximum absolute atomic E-state index is 13.2. The number of nitrogens with zero attached hydrogens (tertiary/aromatic N) is 1. The number of ether oxygens (including phenoxy) is 1. The normalized spacial score (nSPS) is 17.3. The molecule has 0 bridgehead atoms. The number of aryl methyl sites for hydroxylation is 1. The molecule has 1 amide bonds. The summed E-state index contributed by atoms with van der Waals surface area (Å²) >= 11 is 0. The Labute approximate surface area is 217 Å². The van der Waals surface area contributed by atoms with Gasteiger partial charge in [-0.25, -0.2) is 0 Å². The van der Waals surface area contributed by atoms with Gasteiger partial charge in [0.25, 0.3) is 11.7 Å². The van der Waals surface area contributed by atoms with Crippen LogP contribution in [0, 0.1) is 12.8 Å². The third-order valence-electron chi connectivity index (χ3n) is 6.15. The van der Waals surface area contributed by atoms with Gasteiger partial charge in [0, 0.05) is 11.3 Å². The van der Waals surface area contributed by atoms with Crippen LogP contribution in [0.3, 0.4) is 0 Å². The van der Waals surface area contributed by atoms with Crippen LogP contribution in [0.2, 0.25) is 0 Å². The number of hydrogen-bond donors (Lipinski definition) is 2. The first-order valence-electron chi connectivity index (χ1n) is 11.9. The molecule has 3 aromatic rings. The highest BCUT2D eigenvalue weighted by Gasteiger charge is 2.47. The fourth-order valence-electron chi connectivity index (χ4n) is 4.25. The van der Waals surface area contributed by atoms with E-state index in [1.165, 1.54) is 24.3 Å². The van der Waals surface area contributed by atoms with Gasteiger partial charge in [-0.2, -0.15) is 13.2 Å². The van der Waals surface area contributed by atoms with E-state index in [4.69, 9.17) is 4.74 Å². The van der Waals surface area contributed by atoms with Crippen LogP contribution < -0.4 is 9.64 Å². The predicted molar refractivity (Wildman–Crippen MR) is 136 cm³/mol. The molecule has 1 aliphatic heterocycles. The third-order valence-corrected chi connectivity index (χ3v) is 6.15. The fourth-order valence-corrected chi connectivity index (χ4v) is 4.25. The number of phenols is 1. The summed E-state index contributed by atoms with van der Waals surface area (Å²) in [4.78, 5) is 27.5. The lowest BCUT2D eigenvalue weighted by atomic mass is 9.94. The Morgan fingerprint density at radius 1 is 1.00 bits per heavy atom. The third kappa shape index (κ3) is 5.22. The first-order valence-corrected chi connectivity index (χ1v) is 11.9. The van der Waals surface area contributed by atoms with Crippen LogP contribution in [0.4, 0.5) is 18.9 Å². The number of amides is 1. The second kappa shape index (κ2) is 10.2. The topological polar surface area (TPSA) is 87.1 Å². The molecule has 2 N–H and O–H groups in total. The molecule has 9 heteroatoms. The van der Waals surface area contributed by atoms with Gasteiger partial charge in [-0.1, -0.05) is 26.0 Å². The van der Waals surface area contributed by atoms with Gasteiger partial charge < -0.3 is 14.9 Å². The predicted octanol–water partition coefficient (Wildman–Crippen LogP) is 6.38. The average Bonchev–Trinajstić information content (AvgIpc) is 3.13. The Hall–Kier alpha value is -4.27. The lowest BCUT2D eigenvalue weighted by Crippen LogP contribution is -2.29. The molecule has 6 nitrogen and oxygen atoms in total. The van der Waals surface area contributed by atoms with E-state index < -0.39 is 35.2 Å². The summed E-state index contributed by atoms with van der Waals surface area (Å²) in [5.41, 5.74) is 0.259. The summed E-state index contributed by atoms with van der Waals surface area (Å²) in [6.45, 7) is 6.29. The van der Waals surface area contributed by atoms with Crippen LogP contribution in [0.5, 0.6) is 11.5 Å². The molecule has 1 fully saturated rings. The van der Waals surface area contributed by atoms with E-state index >= 15 is 0 Å². The van der Waals surface area contributed by atoms with E-state index in [-0.39, 0.29) is 22.6 Å². The number of hydrogen-bond acceptors (Lipinski definition) is 5. The Balaban J connectivity index is 1.83. The van der Waals surface area contributed by atoms with Gasteiger partial charge >= 0.3 is 6.18 Å². The zero-order chi connectivity index (χ0) is 27.8. The molecule has 1 heterocycles. The van der Waals surface area contributed by atoms with E-state index in [0.717, 1.165) is 29.2 Å². The van der Waals surface area contributed by atoms with Gasteiger partial charge in [0.05, 0.1) is 23.8 Å². The van der Waals surface area contributed by atoms with Crippen molar-refractivity contribution in [2.45, 2.75) is 33.0 Å². The smallest absolute Gasteiger partial charge is 0.416 e. The molecular formula is C29H26F3NO5. The van der Waals surface area contributed by atoms with E-state index in [0.29, 0.717) is 29.4 Å². The number of rotatable bonds is 6. The van der Waals surface area contributed by atoms with Crippen LogP contribution in [0.1, 0.15) is 42.1 Å². The SMILES string of the molecule is Cc1cc(/C(O)=C2/C(=O)C(=O)N(c3ccc(C(F)(F)F)cc3)C2c2ccc(O)cc2)ccc1OCC(C)C. The van der Waals surface area contributed by atoms with Crippen molar-refractivity contribution in [2.75, 3.05) is 11.5 Å². The molecule has 1 aliphatic rings. The summed E-state index contributed by atoms with van der Waals surface area (Å²) in [5, 5.41) is 21.0. The minimum absolute atomic E-state index is 0.0471. The van der Waals surface area contributed by atoms with Crippen molar-refractivity contribution in [3.8, 4) is 11.5 Å². The van der Waals surface area contributed by atoms with E-state index in [1.807, 2.05) is 13.8 Å². The molecular weight excluding hydrogens is 499 g/mol. The fraction of sp³-hybridized carbons (Fsp3) is 0.241. The van der Waals surface area contributed by atoms with Gasteiger partial charge in [-0.3, -0.25) is 14.5 Å². The van der Waals surface area contributed by atoms with Gasteiger partial charge in [0.15, 0.2) is 0 Å². The standard InChI is InChI=1S/C29H26F3NO5/c1-16(2)15-38-23-13-6-19(14-17(23)3)26(35)24-25(18-4-11-22(34)12-5-18)33(28(37)27(24)36)21-9-7-20(8-10-21)29(30,31)32/h4-14,16,25,34-35H,15H2,1-3H3/b26-24-. The lowest BCUT2D eigenvalue weighted by molar-refractivity contribution is -0.137. The van der Waals surface area contributed by atoms with Crippen LogP contribution in [-0.4, -0.2) is 28.5 Å². The molecule has 0 aromatic heterocycles. The summed E-state index contributed by atoms with van der Waals surface area (Å²) in [6, 6.07) is 13.2. The van der Waals surface area contributed by atoms with Gasteiger partial charge in [0.1, 0.15) is 17.3 Å². The van der Waals surface area contributed by atoms with Crippen molar-refractivity contribution in [3.05, 3.63) is 94.6 Å². The highest BCUT2D eigenvalue weighted by atomic mass is 19.4. The lowest BCUT2D eigenvalue weighted by Gasteiger charge is -2.26. The minimum Gasteiger partial charge on any atom is -0.508 e. The van der Waals surface area contributed by atoms with Crippen molar-refractivity contribution < 1.29 is 37.7 Å². The average molecular weight is 526 g/mol. The molecule has 0 radical (unpaired) electrons. The maximum atomic E-state index is 13.2. The number of carbonyl (C=O) groups is 2. The summed E-state index contributed by atoms with van der Waals surface area (Å²) in [6.07, 6.45) is -4.58. The largest absolute Gasteiger partial charge is 0.508 e. The number of alkyl halides is 3. The van der Waals surface area contributed by atoms with Crippen LogP contribution in [0.25, 0.3) is 5.76 Å². The van der Waals surface area contributed by atoms with E-state index in [1.54, 1.807) is 25.1 Å². The zero-order valence-electron chi connectivity index (χ0n) is 20.9. The van der Waals surface area contributed by atoms with Crippen molar-refractivity contribution in [1.82, 2.24) is 0 Å². The van der Waals surface area contributed by atoms with Crippen LogP contribution in [0.15, 0.2) is 72.3 Å². The van der Waals surface area contributed by atoms with Gasteiger partial charge in [0.2, 0.25) is 0 Å². The molecule has 198 valence electrons. The number of benzene rings is 3. The minimum atomic E-state index is -4.58. The number of halogens is 3. The quantitative estimate of drug-likeness (QED) is 0.222. The number of ketones is 1. The second-order valence-electron chi connectivity index (χ2n) is 9.49. The molecule has 1 saturated heterocycles. The molecule has 38 heavy (non-hydrogen) atoms. The van der Waals surface area contributed by atoms with Crippen molar-refractivity contribution in [3.63, 3.8) is 0 Å². The number of aromatic hydroxyl groups is 1. The van der Waals surface area contributed by atoms with Crippen LogP contribution >= 0.6 is 0 Å². The summed E-state index contributed by atoms with van der Waals surface area (Å²) in [7, 11) is 0. The van der Waals surface area contributed by atoms with E-state index in [2.05, 4.69) is 0 Å². The van der Waals surface area contributed by atoms with Crippen molar-refractivity contribution in [1.29, 1.82) is 0 Å². The number of carbonyl (C=O) groups excluding carboxylic acids is 2. The number of Topliss-reactive ketones (excluding diaryl/α,β-unsaturated/α-hetero) is 1. The summed E-state index contributed by atoms with van der Waals surface area (Å²) in [5.74, 6) is -1.58. The Morgan fingerprint density at radius 2 is 1.63 bits per heavy atom. The second-order valence-corrected chi connectivity index (χ2v) is 9.49. The Bertz CT molecular complexity index is 1390. The molecule has 0 saturated carbocycles. The zero-order valence-corrected chi connectivity index (χ0v) is 20.9. The number of aliphatic hydroxyl groups is 1. The van der Waals surface area contributed by atoms with Crippen molar-refractivity contribution >= 4 is 23.1 Å². The first-order chi connectivity index (χ1) is 17.9. The van der Waals surface area contributed by atoms with Gasteiger partial charge in [-0.05, 0) is 78.6 Å². The molecule has 0 aliphatic carbocycles. The van der Waals surface area contributed by atoms with E-state index in [9.17, 15) is 33.0 Å². The van der Waals surface area contributed by atoms with Crippen LogP contribution in [-0.2, 0) is 15.8 Å². The Kier molecular flexibility index (Phi) is 7.22. The number of aliphatic hydroxyl groups excluding tert-OH is 1. The summed E-state index contributed by atoms with van der Waals surface area (Å²) < 4.78 is 45.1. The monoisotopic (exact) mass is 525 g/mol. The highest BCUT2D eigenvalue weighted by molar-refractivity contribution is 6.51. The maximum Gasteiger partial charge on any atom is 0.416 e.